The summed E-state index contributed by atoms with van der Waals surface area (Å²) in [5.74, 6) is 0. The number of aliphatic hydroxyl groups excluding tert-OH is 1. The number of rotatable bonds is 5. The van der Waals surface area contributed by atoms with Gasteiger partial charge in [0, 0.05) is 19.9 Å². The number of aromatic nitrogens is 2. The first-order valence-corrected chi connectivity index (χ1v) is 6.03. The number of aliphatic hydroxyl groups is 1. The Hall–Kier alpha value is -0.870. The minimum atomic E-state index is -0.428. The van der Waals surface area contributed by atoms with Gasteiger partial charge in [-0.2, -0.15) is 0 Å². The summed E-state index contributed by atoms with van der Waals surface area (Å²) in [6.45, 7) is 0.910. The fraction of sp³-hybridized carbons (Fsp3) is 0.750. The van der Waals surface area contributed by atoms with Crippen molar-refractivity contribution in [3.05, 3.63) is 18.2 Å². The summed E-state index contributed by atoms with van der Waals surface area (Å²) in [6, 6.07) is 0. The summed E-state index contributed by atoms with van der Waals surface area (Å²) < 4.78 is 7.40. The molecule has 4 heteroatoms. The summed E-state index contributed by atoms with van der Waals surface area (Å²) in [5.41, 5.74) is 0.773. The van der Waals surface area contributed by atoms with Crippen molar-refractivity contribution < 1.29 is 9.84 Å². The van der Waals surface area contributed by atoms with Gasteiger partial charge in [0.05, 0.1) is 24.2 Å². The molecule has 0 amide bonds. The SMILES string of the molecule is Cn1cnc(C(O)CCCC2CCCO2)c1. The predicted molar refractivity (Wildman–Crippen MR) is 61.0 cm³/mol. The largest absolute Gasteiger partial charge is 0.387 e. The molecule has 0 saturated carbocycles. The minimum Gasteiger partial charge on any atom is -0.387 e. The molecular formula is C12H20N2O2. The van der Waals surface area contributed by atoms with Crippen LogP contribution in [0.15, 0.2) is 12.5 Å². The average molecular weight is 224 g/mol. The average Bonchev–Trinajstić information content (AvgIpc) is 2.89. The molecule has 1 saturated heterocycles. The van der Waals surface area contributed by atoms with E-state index in [1.165, 1.54) is 12.8 Å². The van der Waals surface area contributed by atoms with Crippen LogP contribution in [0.3, 0.4) is 0 Å². The van der Waals surface area contributed by atoms with Crippen LogP contribution in [-0.2, 0) is 11.8 Å². The van der Waals surface area contributed by atoms with Gasteiger partial charge >= 0.3 is 0 Å². The second-order valence-electron chi connectivity index (χ2n) is 4.55. The Bertz CT molecular complexity index is 319. The number of ether oxygens (including phenoxy) is 1. The molecule has 2 rings (SSSR count). The van der Waals surface area contributed by atoms with Crippen LogP contribution in [0.25, 0.3) is 0 Å². The number of nitrogens with zero attached hydrogens (tertiary/aromatic N) is 2. The van der Waals surface area contributed by atoms with Gasteiger partial charge < -0.3 is 14.4 Å². The normalized spacial score (nSPS) is 22.5. The van der Waals surface area contributed by atoms with Crippen LogP contribution in [-0.4, -0.2) is 27.4 Å². The molecule has 0 aromatic carbocycles. The zero-order valence-corrected chi connectivity index (χ0v) is 9.80. The second-order valence-corrected chi connectivity index (χ2v) is 4.55. The van der Waals surface area contributed by atoms with Crippen molar-refractivity contribution in [1.82, 2.24) is 9.55 Å². The Morgan fingerprint density at radius 3 is 3.19 bits per heavy atom. The topological polar surface area (TPSA) is 47.3 Å². The molecule has 16 heavy (non-hydrogen) atoms. The van der Waals surface area contributed by atoms with Crippen molar-refractivity contribution in [2.24, 2.45) is 7.05 Å². The lowest BCUT2D eigenvalue weighted by Crippen LogP contribution is -2.06. The van der Waals surface area contributed by atoms with Crippen LogP contribution < -0.4 is 0 Å². The fourth-order valence-electron chi connectivity index (χ4n) is 2.16. The molecular weight excluding hydrogens is 204 g/mol. The Kier molecular flexibility index (Phi) is 3.96. The summed E-state index contributed by atoms with van der Waals surface area (Å²) >= 11 is 0. The Morgan fingerprint density at radius 2 is 2.56 bits per heavy atom. The number of hydrogen-bond donors (Lipinski definition) is 1. The third kappa shape index (κ3) is 3.06. The predicted octanol–water partition coefficient (Wildman–Crippen LogP) is 1.80. The first-order chi connectivity index (χ1) is 7.75. The summed E-state index contributed by atoms with van der Waals surface area (Å²) in [5, 5.41) is 9.89. The molecule has 0 aliphatic carbocycles. The van der Waals surface area contributed by atoms with E-state index in [0.29, 0.717) is 6.10 Å². The second kappa shape index (κ2) is 5.46. The fourth-order valence-corrected chi connectivity index (χ4v) is 2.16. The minimum absolute atomic E-state index is 0.427. The Morgan fingerprint density at radius 1 is 1.69 bits per heavy atom. The summed E-state index contributed by atoms with van der Waals surface area (Å²) in [7, 11) is 1.91. The van der Waals surface area contributed by atoms with Crippen molar-refractivity contribution in [1.29, 1.82) is 0 Å². The van der Waals surface area contributed by atoms with E-state index in [0.717, 1.165) is 31.6 Å². The molecule has 4 nitrogen and oxygen atoms in total. The van der Waals surface area contributed by atoms with Gasteiger partial charge in [-0.05, 0) is 32.1 Å². The van der Waals surface area contributed by atoms with E-state index in [-0.39, 0.29) is 0 Å². The maximum absolute atomic E-state index is 9.89. The van der Waals surface area contributed by atoms with Crippen molar-refractivity contribution in [2.45, 2.75) is 44.3 Å². The molecule has 0 radical (unpaired) electrons. The molecule has 1 fully saturated rings. The quantitative estimate of drug-likeness (QED) is 0.829. The zero-order chi connectivity index (χ0) is 11.4. The first kappa shape index (κ1) is 11.6. The van der Waals surface area contributed by atoms with Crippen molar-refractivity contribution >= 4 is 0 Å². The zero-order valence-electron chi connectivity index (χ0n) is 9.80. The van der Waals surface area contributed by atoms with E-state index in [2.05, 4.69) is 4.98 Å². The lowest BCUT2D eigenvalue weighted by atomic mass is 10.1. The Balaban J connectivity index is 1.69. The Labute approximate surface area is 96.3 Å². The van der Waals surface area contributed by atoms with E-state index in [4.69, 9.17) is 4.74 Å². The highest BCUT2D eigenvalue weighted by atomic mass is 16.5. The van der Waals surface area contributed by atoms with E-state index < -0.39 is 6.10 Å². The van der Waals surface area contributed by atoms with Crippen LogP contribution in [0.5, 0.6) is 0 Å². The van der Waals surface area contributed by atoms with Gasteiger partial charge in [0.2, 0.25) is 0 Å². The molecule has 2 unspecified atom stereocenters. The van der Waals surface area contributed by atoms with Crippen LogP contribution in [0.1, 0.15) is 43.9 Å². The van der Waals surface area contributed by atoms with E-state index in [1.807, 2.05) is 17.8 Å². The van der Waals surface area contributed by atoms with E-state index in [1.54, 1.807) is 6.33 Å². The molecule has 0 spiro atoms. The lowest BCUT2D eigenvalue weighted by Gasteiger charge is -2.11. The molecule has 0 bridgehead atoms. The standard InChI is InChI=1S/C12H20N2O2/c1-14-8-11(13-9-14)12(15)6-2-4-10-5-3-7-16-10/h8-10,12,15H,2-7H2,1H3. The van der Waals surface area contributed by atoms with Gasteiger partial charge in [-0.25, -0.2) is 4.98 Å². The maximum Gasteiger partial charge on any atom is 0.0975 e. The molecule has 1 aliphatic heterocycles. The van der Waals surface area contributed by atoms with Crippen molar-refractivity contribution in [2.75, 3.05) is 6.61 Å². The van der Waals surface area contributed by atoms with Crippen LogP contribution >= 0.6 is 0 Å². The molecule has 1 N–H and O–H groups in total. The van der Waals surface area contributed by atoms with Crippen molar-refractivity contribution in [3.8, 4) is 0 Å². The molecule has 2 heterocycles. The highest BCUT2D eigenvalue weighted by Crippen LogP contribution is 2.22. The van der Waals surface area contributed by atoms with Gasteiger partial charge in [-0.15, -0.1) is 0 Å². The number of hydrogen-bond acceptors (Lipinski definition) is 3. The summed E-state index contributed by atoms with van der Waals surface area (Å²) in [4.78, 5) is 4.15. The van der Waals surface area contributed by atoms with E-state index >= 15 is 0 Å². The number of aryl methyl sites for hydroxylation is 1. The molecule has 1 aliphatic rings. The molecule has 1 aromatic rings. The monoisotopic (exact) mass is 224 g/mol. The lowest BCUT2D eigenvalue weighted by molar-refractivity contribution is 0.0940. The van der Waals surface area contributed by atoms with Crippen LogP contribution in [0, 0.1) is 0 Å². The van der Waals surface area contributed by atoms with Crippen LogP contribution in [0.4, 0.5) is 0 Å². The highest BCUT2D eigenvalue weighted by molar-refractivity contribution is 5.00. The summed E-state index contributed by atoms with van der Waals surface area (Å²) in [6.07, 6.45) is 8.80. The van der Waals surface area contributed by atoms with Gasteiger partial charge in [0.1, 0.15) is 0 Å². The van der Waals surface area contributed by atoms with E-state index in [9.17, 15) is 5.11 Å². The third-order valence-corrected chi connectivity index (χ3v) is 3.09. The smallest absolute Gasteiger partial charge is 0.0975 e. The van der Waals surface area contributed by atoms with Crippen LogP contribution in [0.2, 0.25) is 0 Å². The van der Waals surface area contributed by atoms with Gasteiger partial charge in [-0.3, -0.25) is 0 Å². The van der Waals surface area contributed by atoms with Gasteiger partial charge in [0.15, 0.2) is 0 Å². The maximum atomic E-state index is 9.89. The molecule has 1 aromatic heterocycles. The third-order valence-electron chi connectivity index (χ3n) is 3.09. The molecule has 90 valence electrons. The first-order valence-electron chi connectivity index (χ1n) is 6.03. The number of imidazole rings is 1. The van der Waals surface area contributed by atoms with Gasteiger partial charge in [-0.1, -0.05) is 0 Å². The van der Waals surface area contributed by atoms with Gasteiger partial charge in [0.25, 0.3) is 0 Å². The highest BCUT2D eigenvalue weighted by Gasteiger charge is 2.16. The van der Waals surface area contributed by atoms with Crippen molar-refractivity contribution in [3.63, 3.8) is 0 Å². The molecule has 2 atom stereocenters.